The number of halogens is 4. The number of carbonyl (C=O) groups excluding carboxylic acids is 1. The number of thiocarbonyl (C=S) groups is 1. The highest BCUT2D eigenvalue weighted by molar-refractivity contribution is 7.80. The largest absolute Gasteiger partial charge is 0.487 e. The number of hydrogen-bond donors (Lipinski definition) is 1. The molecule has 1 heterocycles. The number of rotatable bonds is 2. The molecule has 1 fully saturated rings. The Balaban J connectivity index is 2.44. The molecule has 1 aromatic rings. The third-order valence-electron chi connectivity index (χ3n) is 2.67. The molecule has 1 aliphatic heterocycles. The van der Waals surface area contributed by atoms with Gasteiger partial charge in [-0.1, -0.05) is 52.5 Å². The normalized spacial score (nSPS) is 19.1. The van der Waals surface area contributed by atoms with Gasteiger partial charge in [0.25, 0.3) is 3.92 Å². The molecule has 21 heavy (non-hydrogen) atoms. The van der Waals surface area contributed by atoms with Gasteiger partial charge in [0.05, 0.1) is 7.11 Å². The number of urea groups is 1. The highest BCUT2D eigenvalue weighted by Crippen LogP contribution is 2.35. The van der Waals surface area contributed by atoms with Crippen molar-refractivity contribution in [2.75, 3.05) is 12.0 Å². The maximum Gasteiger partial charge on any atom is 0.344 e. The SMILES string of the molecule is COC(=S)C1NN(C(Cl)(Cl)Cl)C(=O)N1c1cccc(Cl)c1. The van der Waals surface area contributed by atoms with E-state index in [9.17, 15) is 4.79 Å². The van der Waals surface area contributed by atoms with Gasteiger partial charge in [0, 0.05) is 10.7 Å². The number of alkyl halides is 3. The smallest absolute Gasteiger partial charge is 0.344 e. The van der Waals surface area contributed by atoms with Crippen LogP contribution in [0.1, 0.15) is 0 Å². The molecule has 1 aromatic carbocycles. The molecule has 1 unspecified atom stereocenters. The van der Waals surface area contributed by atoms with Crippen molar-refractivity contribution in [2.24, 2.45) is 0 Å². The molecular formula is C11H9Cl4N3O2S. The number of anilines is 1. The predicted octanol–water partition coefficient (Wildman–Crippen LogP) is 3.71. The Bertz CT molecular complexity index is 581. The summed E-state index contributed by atoms with van der Waals surface area (Å²) in [5, 5.41) is 1.41. The lowest BCUT2D eigenvalue weighted by atomic mass is 10.3. The van der Waals surface area contributed by atoms with Crippen LogP contribution in [0.2, 0.25) is 5.02 Å². The zero-order valence-corrected chi connectivity index (χ0v) is 14.4. The number of hydrazine groups is 1. The van der Waals surface area contributed by atoms with Crippen molar-refractivity contribution in [1.29, 1.82) is 0 Å². The van der Waals surface area contributed by atoms with Crippen molar-refractivity contribution in [1.82, 2.24) is 10.4 Å². The molecule has 0 saturated carbocycles. The van der Waals surface area contributed by atoms with Crippen molar-refractivity contribution in [3.8, 4) is 0 Å². The van der Waals surface area contributed by atoms with Crippen LogP contribution >= 0.6 is 58.6 Å². The first-order valence-electron chi connectivity index (χ1n) is 5.55. The van der Waals surface area contributed by atoms with Crippen LogP contribution in [0.3, 0.4) is 0 Å². The average Bonchev–Trinajstić information content (AvgIpc) is 2.75. The minimum Gasteiger partial charge on any atom is -0.487 e. The number of nitrogens with zero attached hydrogens (tertiary/aromatic N) is 2. The molecule has 0 radical (unpaired) electrons. The molecular weight excluding hydrogens is 380 g/mol. The van der Waals surface area contributed by atoms with Crippen molar-refractivity contribution in [3.63, 3.8) is 0 Å². The lowest BCUT2D eigenvalue weighted by molar-refractivity contribution is 0.200. The van der Waals surface area contributed by atoms with E-state index in [-0.39, 0.29) is 5.05 Å². The van der Waals surface area contributed by atoms with E-state index < -0.39 is 16.1 Å². The number of methoxy groups -OCH3 is 1. The summed E-state index contributed by atoms with van der Waals surface area (Å²) in [6.07, 6.45) is -0.799. The van der Waals surface area contributed by atoms with Crippen LogP contribution in [-0.2, 0) is 4.74 Å². The van der Waals surface area contributed by atoms with Crippen LogP contribution in [0.4, 0.5) is 10.5 Å². The highest BCUT2D eigenvalue weighted by atomic mass is 35.6. The third kappa shape index (κ3) is 3.47. The fourth-order valence-corrected chi connectivity index (χ4v) is 2.50. The van der Waals surface area contributed by atoms with E-state index in [2.05, 4.69) is 5.43 Å². The summed E-state index contributed by atoms with van der Waals surface area (Å²) >= 11 is 28.3. The second kappa shape index (κ2) is 6.32. The molecule has 0 spiro atoms. The Morgan fingerprint density at radius 2 is 2.10 bits per heavy atom. The maximum absolute atomic E-state index is 12.5. The fourth-order valence-electron chi connectivity index (χ4n) is 1.79. The molecule has 1 atom stereocenters. The van der Waals surface area contributed by atoms with Crippen LogP contribution in [0.15, 0.2) is 24.3 Å². The van der Waals surface area contributed by atoms with Crippen LogP contribution in [0, 0.1) is 0 Å². The van der Waals surface area contributed by atoms with Crippen LogP contribution < -0.4 is 10.3 Å². The molecule has 114 valence electrons. The van der Waals surface area contributed by atoms with E-state index in [1.54, 1.807) is 24.3 Å². The first-order valence-corrected chi connectivity index (χ1v) is 7.47. The Labute approximate surface area is 146 Å². The van der Waals surface area contributed by atoms with E-state index in [0.29, 0.717) is 10.7 Å². The van der Waals surface area contributed by atoms with Crippen LogP contribution in [0.25, 0.3) is 0 Å². The highest BCUT2D eigenvalue weighted by Gasteiger charge is 2.48. The van der Waals surface area contributed by atoms with Crippen LogP contribution in [0.5, 0.6) is 0 Å². The summed E-state index contributed by atoms with van der Waals surface area (Å²) in [5.74, 6) is 0. The lowest BCUT2D eigenvalue weighted by Gasteiger charge is -2.23. The number of amides is 2. The van der Waals surface area contributed by atoms with E-state index in [0.717, 1.165) is 5.01 Å². The van der Waals surface area contributed by atoms with Gasteiger partial charge in [0.2, 0.25) is 0 Å². The zero-order valence-electron chi connectivity index (χ0n) is 10.5. The summed E-state index contributed by atoms with van der Waals surface area (Å²) in [7, 11) is 1.39. The maximum atomic E-state index is 12.5. The average molecular weight is 389 g/mol. The standard InChI is InChI=1S/C11H9Cl4N3O2S/c1-20-9(21)8-16-18(11(13,14)15)10(19)17(8)7-4-2-3-6(12)5-7/h2-5,8,16H,1H3. The number of benzene rings is 1. The Morgan fingerprint density at radius 1 is 1.43 bits per heavy atom. The molecule has 5 nitrogen and oxygen atoms in total. The second-order valence-corrected chi connectivity index (χ2v) is 7.05. The molecule has 10 heteroatoms. The molecule has 0 aliphatic carbocycles. The number of hydrogen-bond acceptors (Lipinski definition) is 4. The van der Waals surface area contributed by atoms with E-state index in [4.69, 9.17) is 63.4 Å². The fraction of sp³-hybridized carbons (Fsp3) is 0.273. The minimum atomic E-state index is -1.98. The zero-order chi connectivity index (χ0) is 15.8. The van der Waals surface area contributed by atoms with Gasteiger partial charge < -0.3 is 4.74 Å². The lowest BCUT2D eigenvalue weighted by Crippen LogP contribution is -2.47. The van der Waals surface area contributed by atoms with E-state index >= 15 is 0 Å². The van der Waals surface area contributed by atoms with Gasteiger partial charge in [-0.25, -0.2) is 9.80 Å². The van der Waals surface area contributed by atoms with Gasteiger partial charge in [0.15, 0.2) is 11.2 Å². The quantitative estimate of drug-likeness (QED) is 0.476. The molecule has 0 bridgehead atoms. The molecule has 1 saturated heterocycles. The first kappa shape index (κ1) is 16.9. The second-order valence-electron chi connectivity index (χ2n) is 3.99. The molecule has 0 aromatic heterocycles. The predicted molar refractivity (Wildman–Crippen MR) is 88.0 cm³/mol. The molecule has 1 N–H and O–H groups in total. The van der Waals surface area contributed by atoms with Crippen molar-refractivity contribution >= 4 is 75.4 Å². The Kier molecular flexibility index (Phi) is 5.07. The first-order chi connectivity index (χ1) is 9.75. The minimum absolute atomic E-state index is 0.111. The summed E-state index contributed by atoms with van der Waals surface area (Å²) < 4.78 is 3.03. The number of ether oxygens (including phenoxy) is 1. The van der Waals surface area contributed by atoms with Gasteiger partial charge in [-0.05, 0) is 30.4 Å². The van der Waals surface area contributed by atoms with Crippen molar-refractivity contribution < 1.29 is 9.53 Å². The van der Waals surface area contributed by atoms with E-state index in [1.165, 1.54) is 12.0 Å². The van der Waals surface area contributed by atoms with Gasteiger partial charge >= 0.3 is 6.03 Å². The molecule has 2 amide bonds. The van der Waals surface area contributed by atoms with Gasteiger partial charge in [-0.3, -0.25) is 4.90 Å². The summed E-state index contributed by atoms with van der Waals surface area (Å²) in [5.41, 5.74) is 3.19. The third-order valence-corrected chi connectivity index (χ3v) is 3.80. The van der Waals surface area contributed by atoms with Crippen molar-refractivity contribution in [3.05, 3.63) is 29.3 Å². The number of nitrogens with one attached hydrogen (secondary N) is 1. The molecule has 1 aliphatic rings. The van der Waals surface area contributed by atoms with Crippen molar-refractivity contribution in [2.45, 2.75) is 10.1 Å². The summed E-state index contributed by atoms with van der Waals surface area (Å²) in [6, 6.07) is 6.04. The number of carbonyl (C=O) groups is 1. The van der Waals surface area contributed by atoms with E-state index in [1.807, 2.05) is 0 Å². The monoisotopic (exact) mass is 387 g/mol. The van der Waals surface area contributed by atoms with Gasteiger partial charge in [-0.15, -0.1) is 0 Å². The Morgan fingerprint density at radius 3 is 2.62 bits per heavy atom. The molecule has 2 rings (SSSR count). The topological polar surface area (TPSA) is 44.8 Å². The van der Waals surface area contributed by atoms with Gasteiger partial charge in [0.1, 0.15) is 0 Å². The van der Waals surface area contributed by atoms with Crippen LogP contribution in [-0.4, -0.2) is 33.3 Å². The summed E-state index contributed by atoms with van der Waals surface area (Å²) in [6.45, 7) is 0. The summed E-state index contributed by atoms with van der Waals surface area (Å²) in [4.78, 5) is 13.8. The van der Waals surface area contributed by atoms with Gasteiger partial charge in [-0.2, -0.15) is 5.43 Å². The Hall–Kier alpha value is -0.500.